The van der Waals surface area contributed by atoms with Gasteiger partial charge in [-0.05, 0) is 30.5 Å². The number of allylic oxidation sites excluding steroid dienone is 2. The minimum absolute atomic E-state index is 0.365. The van der Waals surface area contributed by atoms with Gasteiger partial charge in [-0.1, -0.05) is 36.3 Å². The van der Waals surface area contributed by atoms with Crippen LogP contribution in [-0.4, -0.2) is 5.97 Å². The van der Waals surface area contributed by atoms with Crippen LogP contribution < -0.4 is 0 Å². The number of benzene rings is 1. The summed E-state index contributed by atoms with van der Waals surface area (Å²) in [5.74, 6) is 6.59. The monoisotopic (exact) mass is 266 g/mol. The predicted molar refractivity (Wildman–Crippen MR) is 76.4 cm³/mol. The van der Waals surface area contributed by atoms with Crippen molar-refractivity contribution in [2.45, 2.75) is 13.8 Å². The standard InChI is InChI=1S/C17H14O3/c1-13(20-14(2)18)17(15-7-4-3-5-8-15)11-10-16-9-6-12-19-16/h3-9,12H,1-2H3/b17-13-. The van der Waals surface area contributed by atoms with E-state index in [-0.39, 0.29) is 5.97 Å². The van der Waals surface area contributed by atoms with Crippen LogP contribution in [0.1, 0.15) is 25.2 Å². The van der Waals surface area contributed by atoms with Gasteiger partial charge in [0.1, 0.15) is 5.76 Å². The van der Waals surface area contributed by atoms with Crippen LogP contribution >= 0.6 is 0 Å². The largest absolute Gasteiger partial charge is 0.456 e. The first-order valence-corrected chi connectivity index (χ1v) is 6.17. The highest BCUT2D eigenvalue weighted by molar-refractivity contribution is 5.82. The first-order chi connectivity index (χ1) is 9.66. The van der Waals surface area contributed by atoms with Gasteiger partial charge in [-0.25, -0.2) is 0 Å². The van der Waals surface area contributed by atoms with E-state index in [1.807, 2.05) is 30.3 Å². The Morgan fingerprint density at radius 1 is 1.10 bits per heavy atom. The van der Waals surface area contributed by atoms with Gasteiger partial charge in [-0.15, -0.1) is 0 Å². The lowest BCUT2D eigenvalue weighted by atomic mass is 10.1. The van der Waals surface area contributed by atoms with Crippen LogP contribution in [0, 0.1) is 11.8 Å². The first kappa shape index (κ1) is 13.7. The maximum Gasteiger partial charge on any atom is 0.307 e. The summed E-state index contributed by atoms with van der Waals surface area (Å²) >= 11 is 0. The summed E-state index contributed by atoms with van der Waals surface area (Å²) in [6, 6.07) is 13.1. The fraction of sp³-hybridized carbons (Fsp3) is 0.118. The Morgan fingerprint density at radius 3 is 2.45 bits per heavy atom. The topological polar surface area (TPSA) is 39.4 Å². The second-order valence-electron chi connectivity index (χ2n) is 4.12. The van der Waals surface area contributed by atoms with Crippen molar-refractivity contribution < 1.29 is 13.9 Å². The van der Waals surface area contributed by atoms with E-state index in [0.717, 1.165) is 5.56 Å². The molecule has 0 aliphatic heterocycles. The second kappa shape index (κ2) is 6.44. The van der Waals surface area contributed by atoms with Crippen LogP contribution in [0.2, 0.25) is 0 Å². The summed E-state index contributed by atoms with van der Waals surface area (Å²) < 4.78 is 10.3. The van der Waals surface area contributed by atoms with Crippen LogP contribution in [0.15, 0.2) is 58.9 Å². The smallest absolute Gasteiger partial charge is 0.307 e. The number of hydrogen-bond acceptors (Lipinski definition) is 3. The van der Waals surface area contributed by atoms with Crippen molar-refractivity contribution in [2.24, 2.45) is 0 Å². The molecule has 0 bridgehead atoms. The van der Waals surface area contributed by atoms with Gasteiger partial charge < -0.3 is 9.15 Å². The van der Waals surface area contributed by atoms with Crippen molar-refractivity contribution in [3.05, 3.63) is 65.8 Å². The molecule has 0 amide bonds. The number of carbonyl (C=O) groups is 1. The Kier molecular flexibility index (Phi) is 4.41. The number of rotatable bonds is 2. The van der Waals surface area contributed by atoms with Gasteiger partial charge in [0, 0.05) is 6.92 Å². The molecule has 0 saturated heterocycles. The van der Waals surface area contributed by atoms with Gasteiger partial charge in [0.05, 0.1) is 11.8 Å². The summed E-state index contributed by atoms with van der Waals surface area (Å²) in [5.41, 5.74) is 1.56. The molecule has 0 spiro atoms. The lowest BCUT2D eigenvalue weighted by Gasteiger charge is -2.06. The van der Waals surface area contributed by atoms with E-state index in [1.165, 1.54) is 6.92 Å². The molecular weight excluding hydrogens is 252 g/mol. The van der Waals surface area contributed by atoms with Gasteiger partial charge in [-0.3, -0.25) is 4.79 Å². The Morgan fingerprint density at radius 2 is 1.85 bits per heavy atom. The van der Waals surface area contributed by atoms with Crippen molar-refractivity contribution in [3.8, 4) is 11.8 Å². The van der Waals surface area contributed by atoms with Crippen molar-refractivity contribution in [3.63, 3.8) is 0 Å². The number of hydrogen-bond donors (Lipinski definition) is 0. The molecule has 0 fully saturated rings. The molecule has 1 aromatic heterocycles. The number of furan rings is 1. The van der Waals surface area contributed by atoms with E-state index >= 15 is 0 Å². The Labute approximate surface area is 117 Å². The highest BCUT2D eigenvalue weighted by Gasteiger charge is 2.06. The molecule has 0 N–H and O–H groups in total. The number of esters is 1. The molecular formula is C17H14O3. The van der Waals surface area contributed by atoms with E-state index < -0.39 is 0 Å². The molecule has 0 aliphatic carbocycles. The average Bonchev–Trinajstić information content (AvgIpc) is 2.92. The normalized spacial score (nSPS) is 11.1. The van der Waals surface area contributed by atoms with E-state index in [2.05, 4.69) is 11.8 Å². The zero-order valence-corrected chi connectivity index (χ0v) is 11.3. The van der Waals surface area contributed by atoms with E-state index in [9.17, 15) is 4.79 Å². The molecule has 0 aliphatic rings. The zero-order chi connectivity index (χ0) is 14.4. The molecule has 1 aromatic carbocycles. The maximum atomic E-state index is 11.1. The molecule has 1 heterocycles. The summed E-state index contributed by atoms with van der Waals surface area (Å²) in [4.78, 5) is 11.1. The summed E-state index contributed by atoms with van der Waals surface area (Å²) in [5, 5.41) is 0. The van der Waals surface area contributed by atoms with Crippen LogP contribution in [0.3, 0.4) is 0 Å². The third-order valence-electron chi connectivity index (χ3n) is 2.54. The lowest BCUT2D eigenvalue weighted by Crippen LogP contribution is -1.99. The van der Waals surface area contributed by atoms with E-state index in [4.69, 9.17) is 9.15 Å². The van der Waals surface area contributed by atoms with E-state index in [0.29, 0.717) is 17.1 Å². The van der Waals surface area contributed by atoms with Crippen LogP contribution in [-0.2, 0) is 9.53 Å². The second-order valence-corrected chi connectivity index (χ2v) is 4.12. The predicted octanol–water partition coefficient (Wildman–Crippen LogP) is 3.63. The highest BCUT2D eigenvalue weighted by atomic mass is 16.5. The van der Waals surface area contributed by atoms with Crippen molar-refractivity contribution in [2.75, 3.05) is 0 Å². The maximum absolute atomic E-state index is 11.1. The average molecular weight is 266 g/mol. The van der Waals surface area contributed by atoms with Gasteiger partial charge in [0.2, 0.25) is 0 Å². The minimum Gasteiger partial charge on any atom is -0.456 e. The fourth-order valence-electron chi connectivity index (χ4n) is 1.71. The Bertz CT molecular complexity index is 668. The fourth-order valence-corrected chi connectivity index (χ4v) is 1.71. The summed E-state index contributed by atoms with van der Waals surface area (Å²) in [7, 11) is 0. The van der Waals surface area contributed by atoms with Crippen molar-refractivity contribution in [1.29, 1.82) is 0 Å². The lowest BCUT2D eigenvalue weighted by molar-refractivity contribution is -0.136. The van der Waals surface area contributed by atoms with Crippen LogP contribution in [0.5, 0.6) is 0 Å². The molecule has 0 radical (unpaired) electrons. The van der Waals surface area contributed by atoms with Crippen LogP contribution in [0.4, 0.5) is 0 Å². The highest BCUT2D eigenvalue weighted by Crippen LogP contribution is 2.19. The molecule has 3 heteroatoms. The van der Waals surface area contributed by atoms with Gasteiger partial charge in [-0.2, -0.15) is 0 Å². The number of ether oxygens (including phenoxy) is 1. The van der Waals surface area contributed by atoms with Gasteiger partial charge >= 0.3 is 5.97 Å². The van der Waals surface area contributed by atoms with Gasteiger partial charge in [0.15, 0.2) is 5.76 Å². The van der Waals surface area contributed by atoms with Crippen LogP contribution in [0.25, 0.3) is 5.57 Å². The third-order valence-corrected chi connectivity index (χ3v) is 2.54. The van der Waals surface area contributed by atoms with Gasteiger partial charge in [0.25, 0.3) is 0 Å². The third kappa shape index (κ3) is 3.63. The SMILES string of the molecule is CC(=O)O/C(C)=C(/C#Cc1ccco1)c1ccccc1. The molecule has 20 heavy (non-hydrogen) atoms. The number of carbonyl (C=O) groups excluding carboxylic acids is 1. The Hall–Kier alpha value is -2.73. The Balaban J connectivity index is 2.42. The first-order valence-electron chi connectivity index (χ1n) is 6.17. The molecule has 0 saturated carbocycles. The summed E-state index contributed by atoms with van der Waals surface area (Å²) in [6.45, 7) is 3.09. The minimum atomic E-state index is -0.365. The summed E-state index contributed by atoms with van der Waals surface area (Å²) in [6.07, 6.45) is 1.56. The van der Waals surface area contributed by atoms with Crippen molar-refractivity contribution >= 4 is 11.5 Å². The molecule has 2 rings (SSSR count). The van der Waals surface area contributed by atoms with Crippen molar-refractivity contribution in [1.82, 2.24) is 0 Å². The quantitative estimate of drug-likeness (QED) is 0.473. The molecule has 0 atom stereocenters. The molecule has 0 unspecified atom stereocenters. The zero-order valence-electron chi connectivity index (χ0n) is 11.3. The molecule has 2 aromatic rings. The molecule has 100 valence electrons. The molecule has 3 nitrogen and oxygen atoms in total. The van der Waals surface area contributed by atoms with E-state index in [1.54, 1.807) is 25.3 Å².